The summed E-state index contributed by atoms with van der Waals surface area (Å²) in [6.45, 7) is 5.59. The molecule has 0 aliphatic heterocycles. The summed E-state index contributed by atoms with van der Waals surface area (Å²) in [7, 11) is 0. The first-order valence-electron chi connectivity index (χ1n) is 4.93. The summed E-state index contributed by atoms with van der Waals surface area (Å²) in [5.74, 6) is -0.717. The molecule has 1 aromatic heterocycles. The van der Waals surface area contributed by atoms with Gasteiger partial charge in [-0.25, -0.2) is 0 Å². The van der Waals surface area contributed by atoms with Crippen LogP contribution in [0, 0.1) is 0 Å². The van der Waals surface area contributed by atoms with Crippen LogP contribution in [-0.4, -0.2) is 23.3 Å². The van der Waals surface area contributed by atoms with Crippen molar-refractivity contribution in [1.82, 2.24) is 4.98 Å². The molecule has 1 heterocycles. The minimum Gasteiger partial charge on any atom is -0.466 e. The molecule has 0 spiro atoms. The van der Waals surface area contributed by atoms with Gasteiger partial charge in [-0.2, -0.15) is 0 Å². The van der Waals surface area contributed by atoms with E-state index in [0.29, 0.717) is 12.2 Å². The van der Waals surface area contributed by atoms with Gasteiger partial charge in [0.2, 0.25) is 0 Å². The van der Waals surface area contributed by atoms with Gasteiger partial charge < -0.3 is 4.74 Å². The van der Waals surface area contributed by atoms with E-state index in [0.717, 1.165) is 0 Å². The highest BCUT2D eigenvalue weighted by Crippen LogP contribution is 2.09. The zero-order valence-corrected chi connectivity index (χ0v) is 9.10. The SMILES string of the molecule is C=C(CC(=O)OCC)C(=O)c1cccnc1. The van der Waals surface area contributed by atoms with Gasteiger partial charge in [-0.05, 0) is 19.1 Å². The average Bonchev–Trinajstić information content (AvgIpc) is 2.29. The predicted octanol–water partition coefficient (Wildman–Crippen LogP) is 1.77. The van der Waals surface area contributed by atoms with E-state index in [2.05, 4.69) is 11.6 Å². The van der Waals surface area contributed by atoms with E-state index in [9.17, 15) is 9.59 Å². The Labute approximate surface area is 94.0 Å². The molecule has 0 aliphatic rings. The molecule has 4 nitrogen and oxygen atoms in total. The van der Waals surface area contributed by atoms with Crippen LogP contribution in [-0.2, 0) is 9.53 Å². The van der Waals surface area contributed by atoms with Crippen LogP contribution in [0.15, 0.2) is 36.7 Å². The molecular formula is C12H13NO3. The van der Waals surface area contributed by atoms with E-state index in [1.165, 1.54) is 6.20 Å². The van der Waals surface area contributed by atoms with Crippen molar-refractivity contribution in [3.63, 3.8) is 0 Å². The Bertz CT molecular complexity index is 398. The van der Waals surface area contributed by atoms with E-state index in [4.69, 9.17) is 4.74 Å². The largest absolute Gasteiger partial charge is 0.466 e. The number of Topliss-reactive ketones (excluding diaryl/α,β-unsaturated/α-hetero) is 1. The van der Waals surface area contributed by atoms with Gasteiger partial charge in [-0.15, -0.1) is 0 Å². The highest BCUT2D eigenvalue weighted by Gasteiger charge is 2.14. The zero-order valence-electron chi connectivity index (χ0n) is 9.10. The van der Waals surface area contributed by atoms with Gasteiger partial charge in [0.1, 0.15) is 0 Å². The predicted molar refractivity (Wildman–Crippen MR) is 59.0 cm³/mol. The fourth-order valence-corrected chi connectivity index (χ4v) is 1.17. The van der Waals surface area contributed by atoms with Gasteiger partial charge >= 0.3 is 5.97 Å². The van der Waals surface area contributed by atoms with Crippen LogP contribution < -0.4 is 0 Å². The summed E-state index contributed by atoms with van der Waals surface area (Å²) < 4.78 is 4.73. The molecule has 84 valence electrons. The lowest BCUT2D eigenvalue weighted by molar-refractivity contribution is -0.142. The quantitative estimate of drug-likeness (QED) is 0.430. The van der Waals surface area contributed by atoms with Crippen molar-refractivity contribution in [2.45, 2.75) is 13.3 Å². The second-order valence-electron chi connectivity index (χ2n) is 3.16. The highest BCUT2D eigenvalue weighted by molar-refractivity contribution is 6.10. The minimum absolute atomic E-state index is 0.0818. The maximum Gasteiger partial charge on any atom is 0.310 e. The number of carbonyl (C=O) groups is 2. The Kier molecular flexibility index (Phi) is 4.39. The standard InChI is InChI=1S/C12H13NO3/c1-3-16-11(14)7-9(2)12(15)10-5-4-6-13-8-10/h4-6,8H,2-3,7H2,1H3. The lowest BCUT2D eigenvalue weighted by Crippen LogP contribution is -2.10. The highest BCUT2D eigenvalue weighted by atomic mass is 16.5. The van der Waals surface area contributed by atoms with Crippen LogP contribution >= 0.6 is 0 Å². The van der Waals surface area contributed by atoms with Crippen molar-refractivity contribution in [1.29, 1.82) is 0 Å². The molecule has 0 amide bonds. The minimum atomic E-state index is -0.440. The van der Waals surface area contributed by atoms with Crippen LogP contribution in [0.4, 0.5) is 0 Å². The Balaban J connectivity index is 2.62. The number of hydrogen-bond acceptors (Lipinski definition) is 4. The molecule has 4 heteroatoms. The number of rotatable bonds is 5. The zero-order chi connectivity index (χ0) is 12.0. The first-order chi connectivity index (χ1) is 7.65. The van der Waals surface area contributed by atoms with Crippen LogP contribution in [0.25, 0.3) is 0 Å². The maximum absolute atomic E-state index is 11.7. The maximum atomic E-state index is 11.7. The smallest absolute Gasteiger partial charge is 0.310 e. The third-order valence-corrected chi connectivity index (χ3v) is 1.91. The first kappa shape index (κ1) is 12.1. The van der Waals surface area contributed by atoms with Gasteiger partial charge in [0.05, 0.1) is 13.0 Å². The Morgan fingerprint density at radius 3 is 2.81 bits per heavy atom. The second-order valence-corrected chi connectivity index (χ2v) is 3.16. The monoisotopic (exact) mass is 219 g/mol. The van der Waals surface area contributed by atoms with Crippen molar-refractivity contribution in [3.8, 4) is 0 Å². The molecule has 0 radical (unpaired) electrons. The molecule has 1 aromatic rings. The van der Waals surface area contributed by atoms with Gasteiger partial charge in [0.15, 0.2) is 5.78 Å². The van der Waals surface area contributed by atoms with Crippen molar-refractivity contribution in [2.24, 2.45) is 0 Å². The van der Waals surface area contributed by atoms with Crippen LogP contribution in [0.2, 0.25) is 0 Å². The van der Waals surface area contributed by atoms with E-state index >= 15 is 0 Å². The normalized spacial score (nSPS) is 9.56. The van der Waals surface area contributed by atoms with Gasteiger partial charge in [0, 0.05) is 23.5 Å². The number of esters is 1. The van der Waals surface area contributed by atoms with E-state index in [1.54, 1.807) is 25.3 Å². The van der Waals surface area contributed by atoms with Crippen molar-refractivity contribution < 1.29 is 14.3 Å². The fraction of sp³-hybridized carbons (Fsp3) is 0.250. The number of ether oxygens (including phenoxy) is 1. The molecule has 0 aromatic carbocycles. The number of nitrogens with zero attached hydrogens (tertiary/aromatic N) is 1. The molecular weight excluding hydrogens is 206 g/mol. The average molecular weight is 219 g/mol. The van der Waals surface area contributed by atoms with E-state index in [-0.39, 0.29) is 17.8 Å². The van der Waals surface area contributed by atoms with Gasteiger partial charge in [-0.3, -0.25) is 14.6 Å². The summed E-state index contributed by atoms with van der Waals surface area (Å²) in [6.07, 6.45) is 2.94. The molecule has 1 rings (SSSR count). The topological polar surface area (TPSA) is 56.3 Å². The Hall–Kier alpha value is -1.97. The molecule has 0 atom stereocenters. The summed E-state index contributed by atoms with van der Waals surface area (Å²) in [4.78, 5) is 26.7. The van der Waals surface area contributed by atoms with E-state index < -0.39 is 5.97 Å². The molecule has 0 unspecified atom stereocenters. The number of aromatic nitrogens is 1. The van der Waals surface area contributed by atoms with Crippen molar-refractivity contribution >= 4 is 11.8 Å². The van der Waals surface area contributed by atoms with Gasteiger partial charge in [0.25, 0.3) is 0 Å². The molecule has 0 saturated heterocycles. The van der Waals surface area contributed by atoms with Crippen molar-refractivity contribution in [2.75, 3.05) is 6.61 Å². The lowest BCUT2D eigenvalue weighted by Gasteiger charge is -2.04. The molecule has 0 aliphatic carbocycles. The molecule has 0 fully saturated rings. The van der Waals surface area contributed by atoms with Gasteiger partial charge in [-0.1, -0.05) is 6.58 Å². The van der Waals surface area contributed by atoms with Crippen LogP contribution in [0.5, 0.6) is 0 Å². The van der Waals surface area contributed by atoms with Crippen LogP contribution in [0.1, 0.15) is 23.7 Å². The first-order valence-corrected chi connectivity index (χ1v) is 4.93. The third-order valence-electron chi connectivity index (χ3n) is 1.91. The molecule has 16 heavy (non-hydrogen) atoms. The summed E-state index contributed by atoms with van der Waals surface area (Å²) in [5, 5.41) is 0. The third kappa shape index (κ3) is 3.31. The second kappa shape index (κ2) is 5.80. The number of carbonyl (C=O) groups excluding carboxylic acids is 2. The number of ketones is 1. The number of hydrogen-bond donors (Lipinski definition) is 0. The summed E-state index contributed by atoms with van der Waals surface area (Å²) in [6, 6.07) is 3.29. The van der Waals surface area contributed by atoms with Crippen LogP contribution in [0.3, 0.4) is 0 Å². The summed E-state index contributed by atoms with van der Waals surface area (Å²) >= 11 is 0. The lowest BCUT2D eigenvalue weighted by atomic mass is 10.0. The Morgan fingerprint density at radius 2 is 2.25 bits per heavy atom. The Morgan fingerprint density at radius 1 is 1.50 bits per heavy atom. The molecule has 0 saturated carbocycles. The summed E-state index contributed by atoms with van der Waals surface area (Å²) in [5.41, 5.74) is 0.642. The number of pyridine rings is 1. The molecule has 0 N–H and O–H groups in total. The van der Waals surface area contributed by atoms with E-state index in [1.807, 2.05) is 0 Å². The molecule has 0 bridgehead atoms. The fourth-order valence-electron chi connectivity index (χ4n) is 1.17. The van der Waals surface area contributed by atoms with Crippen molar-refractivity contribution in [3.05, 3.63) is 42.2 Å².